The Bertz CT molecular complexity index is 5340. The highest BCUT2D eigenvalue weighted by Crippen LogP contribution is 2.43. The van der Waals surface area contributed by atoms with Crippen molar-refractivity contribution >= 4 is 87.2 Å². The van der Waals surface area contributed by atoms with Crippen LogP contribution in [0, 0.1) is 0 Å². The first-order chi connectivity index (χ1) is 41.1. The van der Waals surface area contributed by atoms with Crippen LogP contribution in [-0.4, -0.2) is 58.6 Å². The van der Waals surface area contributed by atoms with E-state index in [0.717, 1.165) is 121 Å². The first-order valence-corrected chi connectivity index (χ1v) is 27.4. The topological polar surface area (TPSA) is 131 Å². The molecule has 0 saturated carbocycles. The van der Waals surface area contributed by atoms with E-state index in [9.17, 15) is 0 Å². The quantitative estimate of drug-likeness (QED) is 0.146. The molecule has 0 amide bonds. The van der Waals surface area contributed by atoms with Gasteiger partial charge in [-0.25, -0.2) is 44.9 Å². The van der Waals surface area contributed by atoms with Crippen molar-refractivity contribution in [1.29, 1.82) is 0 Å². The molecular weight excluding hydrogens is 1020 g/mol. The Morgan fingerprint density at radius 1 is 0.277 bits per heavy atom. The van der Waals surface area contributed by atoms with Gasteiger partial charge in [-0.1, -0.05) is 164 Å². The summed E-state index contributed by atoms with van der Waals surface area (Å²) in [7, 11) is 0. The summed E-state index contributed by atoms with van der Waals surface area (Å²) in [5.74, 6) is 2.96. The highest BCUT2D eigenvalue weighted by Gasteiger charge is 2.24. The summed E-state index contributed by atoms with van der Waals surface area (Å²) in [4.78, 5) is 44.5. The molecule has 12 nitrogen and oxygen atoms in total. The van der Waals surface area contributed by atoms with Crippen molar-refractivity contribution in [1.82, 2.24) is 58.6 Å². The lowest BCUT2D eigenvalue weighted by molar-refractivity contribution is 1.05. The number of para-hydroxylation sites is 4. The predicted molar refractivity (Wildman–Crippen MR) is 332 cm³/mol. The van der Waals surface area contributed by atoms with Crippen molar-refractivity contribution in [3.05, 3.63) is 256 Å². The fraction of sp³-hybridized carbons (Fsp3) is 0. The normalized spacial score (nSPS) is 11.9. The maximum Gasteiger partial charge on any atom is 0.164 e. The molecule has 12 heteroatoms. The van der Waals surface area contributed by atoms with Crippen molar-refractivity contribution in [2.24, 2.45) is 0 Å². The van der Waals surface area contributed by atoms with Gasteiger partial charge in [0.1, 0.15) is 18.5 Å². The van der Waals surface area contributed by atoms with E-state index in [-0.39, 0.29) is 0 Å². The summed E-state index contributed by atoms with van der Waals surface area (Å²) in [6, 6.07) is 80.5. The number of aromatic nitrogens is 12. The molecule has 0 atom stereocenters. The average molecular weight is 1060 g/mol. The van der Waals surface area contributed by atoms with Crippen molar-refractivity contribution in [2.45, 2.75) is 0 Å². The molecule has 0 unspecified atom stereocenters. The van der Waals surface area contributed by atoms with E-state index in [4.69, 9.17) is 24.9 Å². The molecule has 0 saturated heterocycles. The molecule has 10 aromatic carbocycles. The number of rotatable bonds is 8. The van der Waals surface area contributed by atoms with Gasteiger partial charge in [-0.2, -0.15) is 0 Å². The first kappa shape index (κ1) is 46.3. The lowest BCUT2D eigenvalue weighted by Gasteiger charge is -2.15. The Hall–Kier alpha value is -11.6. The molecule has 7 heterocycles. The van der Waals surface area contributed by atoms with Crippen molar-refractivity contribution in [3.63, 3.8) is 0 Å². The molecule has 0 spiro atoms. The van der Waals surface area contributed by atoms with Crippen molar-refractivity contribution in [3.8, 4) is 74.0 Å². The predicted octanol–water partition coefficient (Wildman–Crippen LogP) is 16.2. The van der Waals surface area contributed by atoms with Crippen LogP contribution < -0.4 is 0 Å². The van der Waals surface area contributed by atoms with E-state index in [1.54, 1.807) is 12.7 Å². The molecule has 386 valence electrons. The van der Waals surface area contributed by atoms with Gasteiger partial charge in [-0.05, 0) is 60.7 Å². The Morgan fingerprint density at radius 2 is 0.711 bits per heavy atom. The van der Waals surface area contributed by atoms with Crippen LogP contribution in [0.15, 0.2) is 256 Å². The van der Waals surface area contributed by atoms with Crippen LogP contribution in [0.5, 0.6) is 0 Å². The van der Waals surface area contributed by atoms with Gasteiger partial charge in [0.15, 0.2) is 23.3 Å². The van der Waals surface area contributed by atoms with E-state index in [1.165, 1.54) is 10.8 Å². The highest BCUT2D eigenvalue weighted by atomic mass is 15.1. The minimum Gasteiger partial charge on any atom is -0.309 e. The van der Waals surface area contributed by atoms with Crippen LogP contribution in [0.2, 0.25) is 0 Å². The minimum atomic E-state index is 0.553. The van der Waals surface area contributed by atoms with Gasteiger partial charge >= 0.3 is 0 Å². The maximum atomic E-state index is 5.52. The monoisotopic (exact) mass is 1060 g/mol. The molecule has 0 bridgehead atoms. The van der Waals surface area contributed by atoms with Gasteiger partial charge in [-0.3, -0.25) is 4.57 Å². The molecule has 0 aliphatic heterocycles. The fourth-order valence-corrected chi connectivity index (χ4v) is 12.2. The lowest BCUT2D eigenvalue weighted by Crippen LogP contribution is -2.04. The maximum absolute atomic E-state index is 5.52. The average Bonchev–Trinajstić information content (AvgIpc) is 2.55. The molecule has 0 N–H and O–H groups in total. The third-order valence-electron chi connectivity index (χ3n) is 16.0. The summed E-state index contributed by atoms with van der Waals surface area (Å²) < 4.78 is 7.02. The van der Waals surface area contributed by atoms with Gasteiger partial charge in [0, 0.05) is 101 Å². The van der Waals surface area contributed by atoms with E-state index < -0.39 is 0 Å². The molecule has 0 fully saturated rings. The van der Waals surface area contributed by atoms with Crippen molar-refractivity contribution < 1.29 is 0 Å². The molecule has 83 heavy (non-hydrogen) atoms. The molecule has 17 aromatic rings. The van der Waals surface area contributed by atoms with Crippen LogP contribution in [0.25, 0.3) is 161 Å². The third kappa shape index (κ3) is 7.50. The number of hydrogen-bond donors (Lipinski definition) is 0. The molecular formula is C71H42N12. The van der Waals surface area contributed by atoms with Crippen LogP contribution in [-0.2, 0) is 0 Å². The number of benzene rings is 10. The SMILES string of the molecule is c1ccc(-c2nc(-c3cccc(-n4c5ccccc5c5ccccc54)c3)nc(-c3cccc(-n4c5ccccc5c5ccc6c7ccccc7n(-c7cc(-c8ccc9cncnc9c8)nc(-c8ccc9cncnc9c8)n7)c6c54)c3)n2)cc1. The zero-order valence-corrected chi connectivity index (χ0v) is 44.1. The number of fused-ring (bicyclic) bond motifs is 12. The second-order valence-corrected chi connectivity index (χ2v) is 20.7. The Labute approximate surface area is 473 Å². The fourth-order valence-electron chi connectivity index (χ4n) is 12.2. The summed E-state index contributed by atoms with van der Waals surface area (Å²) in [5.41, 5.74) is 15.0. The summed E-state index contributed by atoms with van der Waals surface area (Å²) >= 11 is 0. The summed E-state index contributed by atoms with van der Waals surface area (Å²) in [6.07, 6.45) is 6.80. The van der Waals surface area contributed by atoms with Crippen LogP contribution >= 0.6 is 0 Å². The summed E-state index contributed by atoms with van der Waals surface area (Å²) in [6.45, 7) is 0. The first-order valence-electron chi connectivity index (χ1n) is 27.4. The largest absolute Gasteiger partial charge is 0.309 e. The van der Waals surface area contributed by atoms with Gasteiger partial charge in [0.2, 0.25) is 0 Å². The second kappa shape index (κ2) is 18.5. The van der Waals surface area contributed by atoms with Gasteiger partial charge in [0.05, 0.1) is 49.8 Å². The van der Waals surface area contributed by atoms with Crippen molar-refractivity contribution in [2.75, 3.05) is 0 Å². The summed E-state index contributed by atoms with van der Waals surface area (Å²) in [5, 5.41) is 8.65. The standard InChI is InChI=1S/C71H42N12/c1-2-14-43(15-3-1)68-78-70(45-16-12-18-50(34-45)81-61-24-8-4-20-52(61)53-21-5-9-25-62(53)81)80-71(79-68)46-17-13-19-51(35-46)82-63-26-10-6-22-54(63)56-32-33-57-55-23-7-11-27-64(55)83(67(57)66(56)82)65-38-60(44-28-30-48-39-72-41-74-58(48)36-44)76-69(77-65)47-29-31-49-40-73-42-75-59(49)37-47/h1-42H. The smallest absolute Gasteiger partial charge is 0.164 e. The van der Waals surface area contributed by atoms with E-state index >= 15 is 0 Å². The zero-order valence-electron chi connectivity index (χ0n) is 44.1. The molecule has 0 aliphatic carbocycles. The minimum absolute atomic E-state index is 0.553. The molecule has 7 aromatic heterocycles. The molecule has 17 rings (SSSR count). The third-order valence-corrected chi connectivity index (χ3v) is 16.0. The zero-order chi connectivity index (χ0) is 54.5. The molecule has 0 radical (unpaired) electrons. The number of nitrogens with zero attached hydrogens (tertiary/aromatic N) is 12. The van der Waals surface area contributed by atoms with E-state index in [2.05, 4.69) is 210 Å². The van der Waals surface area contributed by atoms with Crippen LogP contribution in [0.4, 0.5) is 0 Å². The van der Waals surface area contributed by atoms with Gasteiger partial charge in [0.25, 0.3) is 0 Å². The van der Waals surface area contributed by atoms with Crippen LogP contribution in [0.3, 0.4) is 0 Å². The lowest BCUT2D eigenvalue weighted by atomic mass is 10.1. The van der Waals surface area contributed by atoms with Gasteiger partial charge < -0.3 is 9.13 Å². The second-order valence-electron chi connectivity index (χ2n) is 20.7. The van der Waals surface area contributed by atoms with E-state index in [0.29, 0.717) is 29.1 Å². The number of hydrogen-bond acceptors (Lipinski definition) is 9. The highest BCUT2D eigenvalue weighted by molar-refractivity contribution is 6.24. The Balaban J connectivity index is 0.884. The van der Waals surface area contributed by atoms with Gasteiger partial charge in [-0.15, -0.1) is 0 Å². The molecule has 0 aliphatic rings. The Morgan fingerprint density at radius 3 is 1.30 bits per heavy atom. The van der Waals surface area contributed by atoms with E-state index in [1.807, 2.05) is 67.0 Å². The Kier molecular flexibility index (Phi) is 10.3. The van der Waals surface area contributed by atoms with Crippen LogP contribution in [0.1, 0.15) is 0 Å².